The van der Waals surface area contributed by atoms with Crippen molar-refractivity contribution in [1.82, 2.24) is 15.2 Å². The van der Waals surface area contributed by atoms with Crippen molar-refractivity contribution in [2.45, 2.75) is 46.6 Å². The molecule has 2 aromatic rings. The minimum Gasteiger partial charge on any atom is -0.272 e. The maximum Gasteiger partial charge on any atom is 0.0628 e. The number of nitrogens with two attached hydrogens (primary N) is 1. The van der Waals surface area contributed by atoms with E-state index >= 15 is 0 Å². The van der Waals surface area contributed by atoms with Crippen LogP contribution in [0.15, 0.2) is 18.2 Å². The van der Waals surface area contributed by atoms with Crippen LogP contribution in [0.2, 0.25) is 0 Å². The monoisotopic (exact) mass is 286 g/mol. The number of nitrogens with one attached hydrogen (secondary N) is 1. The molecule has 0 aliphatic carbocycles. The molecule has 0 radical (unpaired) electrons. The normalized spacial score (nSPS) is 12.7. The zero-order valence-electron chi connectivity index (χ0n) is 13.7. The first kappa shape index (κ1) is 15.7. The van der Waals surface area contributed by atoms with Gasteiger partial charge in [-0.15, -0.1) is 0 Å². The summed E-state index contributed by atoms with van der Waals surface area (Å²) in [5.74, 6) is 5.77. The smallest absolute Gasteiger partial charge is 0.0628 e. The van der Waals surface area contributed by atoms with Crippen molar-refractivity contribution in [3.63, 3.8) is 0 Å². The van der Waals surface area contributed by atoms with Crippen LogP contribution in [0.4, 0.5) is 0 Å². The topological polar surface area (TPSA) is 55.9 Å². The van der Waals surface area contributed by atoms with Crippen molar-refractivity contribution in [3.8, 4) is 0 Å². The highest BCUT2D eigenvalue weighted by Crippen LogP contribution is 2.23. The maximum absolute atomic E-state index is 5.77. The second-order valence-corrected chi connectivity index (χ2v) is 5.87. The van der Waals surface area contributed by atoms with E-state index in [-0.39, 0.29) is 6.04 Å². The van der Waals surface area contributed by atoms with E-state index in [0.717, 1.165) is 18.5 Å². The van der Waals surface area contributed by atoms with E-state index in [0.29, 0.717) is 0 Å². The number of aryl methyl sites for hydroxylation is 4. The molecule has 1 unspecified atom stereocenters. The molecule has 1 aromatic heterocycles. The summed E-state index contributed by atoms with van der Waals surface area (Å²) in [4.78, 5) is 0. The Hall–Kier alpha value is -1.65. The SMILES string of the molecule is Cc1ccc(C(CCc2c(C)nn(C)c2C)NN)cc1C. The molecule has 4 nitrogen and oxygen atoms in total. The number of nitrogens with zero attached hydrogens (tertiary/aromatic N) is 2. The quantitative estimate of drug-likeness (QED) is 0.656. The molecule has 0 aliphatic heterocycles. The zero-order valence-corrected chi connectivity index (χ0v) is 13.7. The average Bonchev–Trinajstić information content (AvgIpc) is 2.69. The largest absolute Gasteiger partial charge is 0.272 e. The Kier molecular flexibility index (Phi) is 4.80. The van der Waals surface area contributed by atoms with Crippen molar-refractivity contribution in [2.75, 3.05) is 0 Å². The molecule has 1 aromatic carbocycles. The highest BCUT2D eigenvalue weighted by molar-refractivity contribution is 5.32. The van der Waals surface area contributed by atoms with Crippen molar-refractivity contribution in [3.05, 3.63) is 51.8 Å². The summed E-state index contributed by atoms with van der Waals surface area (Å²) in [5, 5.41) is 4.48. The van der Waals surface area contributed by atoms with Gasteiger partial charge in [0.2, 0.25) is 0 Å². The molecule has 0 fully saturated rings. The number of rotatable bonds is 5. The third-order valence-electron chi connectivity index (χ3n) is 4.48. The van der Waals surface area contributed by atoms with Crippen molar-refractivity contribution in [1.29, 1.82) is 0 Å². The number of hydrazine groups is 1. The minimum absolute atomic E-state index is 0.170. The molecule has 114 valence electrons. The van der Waals surface area contributed by atoms with Gasteiger partial charge < -0.3 is 0 Å². The fraction of sp³-hybridized carbons (Fsp3) is 0.471. The predicted octanol–water partition coefficient (Wildman–Crippen LogP) is 2.79. The molecule has 0 spiro atoms. The van der Waals surface area contributed by atoms with Gasteiger partial charge in [-0.3, -0.25) is 16.0 Å². The van der Waals surface area contributed by atoms with Gasteiger partial charge in [0.15, 0.2) is 0 Å². The summed E-state index contributed by atoms with van der Waals surface area (Å²) in [6.45, 7) is 8.47. The number of hydrogen-bond acceptors (Lipinski definition) is 3. The van der Waals surface area contributed by atoms with Crippen molar-refractivity contribution >= 4 is 0 Å². The molecule has 0 amide bonds. The van der Waals surface area contributed by atoms with Crippen LogP contribution in [0.3, 0.4) is 0 Å². The standard InChI is InChI=1S/C17H26N4/c1-11-6-7-15(10-12(11)2)17(19-18)9-8-16-13(3)20-21(5)14(16)4/h6-7,10,17,19H,8-9,18H2,1-5H3. The van der Waals surface area contributed by atoms with Crippen LogP contribution in [0.25, 0.3) is 0 Å². The lowest BCUT2D eigenvalue weighted by Gasteiger charge is -2.17. The van der Waals surface area contributed by atoms with Crippen molar-refractivity contribution in [2.24, 2.45) is 12.9 Å². The molecule has 1 heterocycles. The van der Waals surface area contributed by atoms with Gasteiger partial charge in [-0.1, -0.05) is 18.2 Å². The second kappa shape index (κ2) is 6.41. The van der Waals surface area contributed by atoms with E-state index in [1.54, 1.807) is 0 Å². The van der Waals surface area contributed by atoms with Crippen LogP contribution in [0.1, 0.15) is 46.1 Å². The Balaban J connectivity index is 2.14. The third kappa shape index (κ3) is 3.34. The lowest BCUT2D eigenvalue weighted by atomic mass is 9.96. The van der Waals surface area contributed by atoms with Gasteiger partial charge >= 0.3 is 0 Å². The summed E-state index contributed by atoms with van der Waals surface area (Å²) < 4.78 is 1.95. The Morgan fingerprint density at radius 1 is 1.19 bits per heavy atom. The highest BCUT2D eigenvalue weighted by atomic mass is 15.3. The summed E-state index contributed by atoms with van der Waals surface area (Å²) in [6, 6.07) is 6.72. The molecule has 0 saturated carbocycles. The number of hydrogen-bond donors (Lipinski definition) is 2. The summed E-state index contributed by atoms with van der Waals surface area (Å²) in [5.41, 5.74) is 10.5. The summed E-state index contributed by atoms with van der Waals surface area (Å²) >= 11 is 0. The maximum atomic E-state index is 5.77. The van der Waals surface area contributed by atoms with Crippen LogP contribution < -0.4 is 11.3 Å². The molecule has 21 heavy (non-hydrogen) atoms. The molecule has 0 bridgehead atoms. The van der Waals surface area contributed by atoms with E-state index < -0.39 is 0 Å². The highest BCUT2D eigenvalue weighted by Gasteiger charge is 2.14. The number of benzene rings is 1. The molecular formula is C17H26N4. The van der Waals surface area contributed by atoms with Crippen LogP contribution in [0, 0.1) is 27.7 Å². The second-order valence-electron chi connectivity index (χ2n) is 5.87. The molecule has 0 aliphatic rings. The van der Waals surface area contributed by atoms with Gasteiger partial charge in [0.1, 0.15) is 0 Å². The Morgan fingerprint density at radius 3 is 2.43 bits per heavy atom. The Bertz CT molecular complexity index is 628. The molecule has 4 heteroatoms. The van der Waals surface area contributed by atoms with E-state index in [1.165, 1.54) is 27.9 Å². The first-order chi connectivity index (χ1) is 9.93. The van der Waals surface area contributed by atoms with Gasteiger partial charge in [-0.25, -0.2) is 0 Å². The van der Waals surface area contributed by atoms with Crippen LogP contribution in [-0.2, 0) is 13.5 Å². The molecule has 1 atom stereocenters. The lowest BCUT2D eigenvalue weighted by Crippen LogP contribution is -2.28. The zero-order chi connectivity index (χ0) is 15.6. The Labute approximate surface area is 127 Å². The van der Waals surface area contributed by atoms with Gasteiger partial charge in [-0.05, 0) is 62.8 Å². The molecule has 3 N–H and O–H groups in total. The van der Waals surface area contributed by atoms with E-state index in [4.69, 9.17) is 5.84 Å². The predicted molar refractivity (Wildman–Crippen MR) is 87.0 cm³/mol. The fourth-order valence-electron chi connectivity index (χ4n) is 2.80. The number of aromatic nitrogens is 2. The Morgan fingerprint density at radius 2 is 1.90 bits per heavy atom. The molecule has 0 saturated heterocycles. The molecular weight excluding hydrogens is 260 g/mol. The fourth-order valence-corrected chi connectivity index (χ4v) is 2.80. The summed E-state index contributed by atoms with van der Waals surface area (Å²) in [7, 11) is 1.99. The first-order valence-corrected chi connectivity index (χ1v) is 7.46. The van der Waals surface area contributed by atoms with E-state index in [1.807, 2.05) is 11.7 Å². The van der Waals surface area contributed by atoms with Crippen LogP contribution >= 0.6 is 0 Å². The van der Waals surface area contributed by atoms with E-state index in [9.17, 15) is 0 Å². The van der Waals surface area contributed by atoms with E-state index in [2.05, 4.69) is 56.4 Å². The van der Waals surface area contributed by atoms with Crippen molar-refractivity contribution < 1.29 is 0 Å². The van der Waals surface area contributed by atoms with Gasteiger partial charge in [-0.2, -0.15) is 5.10 Å². The van der Waals surface area contributed by atoms with Gasteiger partial charge in [0.05, 0.1) is 5.69 Å². The minimum atomic E-state index is 0.170. The van der Waals surface area contributed by atoms with Gasteiger partial charge in [0.25, 0.3) is 0 Å². The average molecular weight is 286 g/mol. The first-order valence-electron chi connectivity index (χ1n) is 7.46. The van der Waals surface area contributed by atoms with Gasteiger partial charge in [0, 0.05) is 18.8 Å². The van der Waals surface area contributed by atoms with Crippen LogP contribution in [-0.4, -0.2) is 9.78 Å². The lowest BCUT2D eigenvalue weighted by molar-refractivity contribution is 0.515. The molecule has 2 rings (SSSR count). The third-order valence-corrected chi connectivity index (χ3v) is 4.48. The van der Waals surface area contributed by atoms with Crippen LogP contribution in [0.5, 0.6) is 0 Å². The summed E-state index contributed by atoms with van der Waals surface area (Å²) in [6.07, 6.45) is 1.94.